The van der Waals surface area contributed by atoms with Crippen LogP contribution < -0.4 is 10.5 Å². The number of nitrogen functional groups attached to an aromatic ring is 1. The van der Waals surface area contributed by atoms with E-state index in [-0.39, 0.29) is 27.2 Å². The molecule has 0 unspecified atom stereocenters. The van der Waals surface area contributed by atoms with Crippen LogP contribution in [-0.4, -0.2) is 8.42 Å². The first kappa shape index (κ1) is 16.1. The summed E-state index contributed by atoms with van der Waals surface area (Å²) in [6.45, 7) is 2.11. The molecule has 0 aliphatic rings. The Morgan fingerprint density at radius 1 is 1.19 bits per heavy atom. The van der Waals surface area contributed by atoms with Crippen molar-refractivity contribution in [2.24, 2.45) is 0 Å². The van der Waals surface area contributed by atoms with Gasteiger partial charge in [-0.1, -0.05) is 53.0 Å². The Labute approximate surface area is 133 Å². The lowest BCUT2D eigenvalue weighted by atomic mass is 10.1. The standard InChI is InChI=1S/C14H14Cl2N2O2S/c1-9-3-2-4-10(7-9)8-18-21(19,20)12-6-5-11(15)14(17)13(12)16/h2-7,18H,8,17H2,1H3. The second kappa shape index (κ2) is 6.23. The van der Waals surface area contributed by atoms with Crippen LogP contribution in [0.4, 0.5) is 5.69 Å². The van der Waals surface area contributed by atoms with Crippen LogP contribution in [0.5, 0.6) is 0 Å². The molecule has 0 radical (unpaired) electrons. The van der Waals surface area contributed by atoms with E-state index in [1.807, 2.05) is 31.2 Å². The maximum atomic E-state index is 12.3. The molecule has 21 heavy (non-hydrogen) atoms. The second-order valence-corrected chi connectivity index (χ2v) is 7.11. The van der Waals surface area contributed by atoms with Crippen molar-refractivity contribution in [2.75, 3.05) is 5.73 Å². The van der Waals surface area contributed by atoms with Crippen molar-refractivity contribution in [3.8, 4) is 0 Å². The highest BCUT2D eigenvalue weighted by Crippen LogP contribution is 2.33. The van der Waals surface area contributed by atoms with Crippen LogP contribution in [0.25, 0.3) is 0 Å². The molecule has 0 atom stereocenters. The fraction of sp³-hybridized carbons (Fsp3) is 0.143. The first-order valence-electron chi connectivity index (χ1n) is 6.10. The summed E-state index contributed by atoms with van der Waals surface area (Å²) in [4.78, 5) is -0.0845. The van der Waals surface area contributed by atoms with Crippen LogP contribution in [0.3, 0.4) is 0 Å². The summed E-state index contributed by atoms with van der Waals surface area (Å²) in [5.41, 5.74) is 7.62. The largest absolute Gasteiger partial charge is 0.396 e. The number of nitrogens with one attached hydrogen (secondary N) is 1. The average Bonchev–Trinajstić information content (AvgIpc) is 2.43. The molecule has 0 aliphatic heterocycles. The summed E-state index contributed by atoms with van der Waals surface area (Å²) in [5, 5.41) is 0.150. The van der Waals surface area contributed by atoms with Gasteiger partial charge in [-0.15, -0.1) is 0 Å². The molecule has 0 fully saturated rings. The fourth-order valence-corrected chi connectivity index (χ4v) is 3.62. The van der Waals surface area contributed by atoms with E-state index in [4.69, 9.17) is 28.9 Å². The van der Waals surface area contributed by atoms with Crippen LogP contribution in [0.2, 0.25) is 10.0 Å². The summed E-state index contributed by atoms with van der Waals surface area (Å²) in [5.74, 6) is 0. The predicted octanol–water partition coefficient (Wildman–Crippen LogP) is 3.36. The molecular weight excluding hydrogens is 331 g/mol. The van der Waals surface area contributed by atoms with Gasteiger partial charge in [-0.25, -0.2) is 13.1 Å². The van der Waals surface area contributed by atoms with Crippen LogP contribution in [-0.2, 0) is 16.6 Å². The Balaban J connectivity index is 2.25. The number of nitrogens with two attached hydrogens (primary N) is 1. The van der Waals surface area contributed by atoms with Gasteiger partial charge in [0.2, 0.25) is 10.0 Å². The molecule has 0 aromatic heterocycles. The number of halogens is 2. The van der Waals surface area contributed by atoms with Crippen molar-refractivity contribution in [1.82, 2.24) is 4.72 Å². The SMILES string of the molecule is Cc1cccc(CNS(=O)(=O)c2ccc(Cl)c(N)c2Cl)c1. The molecule has 2 aromatic carbocycles. The molecule has 112 valence electrons. The molecule has 4 nitrogen and oxygen atoms in total. The van der Waals surface area contributed by atoms with Gasteiger partial charge >= 0.3 is 0 Å². The third-order valence-corrected chi connectivity index (χ3v) is 5.22. The van der Waals surface area contributed by atoms with Crippen LogP contribution >= 0.6 is 23.2 Å². The molecule has 2 rings (SSSR count). The molecule has 0 bridgehead atoms. The summed E-state index contributed by atoms with van der Waals surface area (Å²) in [7, 11) is -3.76. The van der Waals surface area contributed by atoms with Gasteiger partial charge in [0.25, 0.3) is 0 Å². The van der Waals surface area contributed by atoms with E-state index < -0.39 is 10.0 Å². The lowest BCUT2D eigenvalue weighted by molar-refractivity contribution is 0.581. The van der Waals surface area contributed by atoms with Gasteiger partial charge in [0.05, 0.1) is 15.7 Å². The Hall–Kier alpha value is -1.27. The molecule has 0 amide bonds. The van der Waals surface area contributed by atoms with E-state index in [0.29, 0.717) is 0 Å². The van der Waals surface area contributed by atoms with Gasteiger partial charge in [0.1, 0.15) is 4.90 Å². The third-order valence-electron chi connectivity index (χ3n) is 2.93. The molecule has 0 saturated heterocycles. The Bertz CT molecular complexity index is 777. The van der Waals surface area contributed by atoms with E-state index in [1.54, 1.807) is 0 Å². The summed E-state index contributed by atoms with van der Waals surface area (Å²) in [6.07, 6.45) is 0. The van der Waals surface area contributed by atoms with Crippen molar-refractivity contribution in [3.05, 3.63) is 57.6 Å². The Morgan fingerprint density at radius 3 is 2.57 bits per heavy atom. The van der Waals surface area contributed by atoms with Crippen molar-refractivity contribution in [3.63, 3.8) is 0 Å². The van der Waals surface area contributed by atoms with Gasteiger partial charge in [-0.2, -0.15) is 0 Å². The van der Waals surface area contributed by atoms with E-state index in [1.165, 1.54) is 12.1 Å². The molecule has 0 aliphatic carbocycles. The summed E-state index contributed by atoms with van der Waals surface area (Å²) >= 11 is 11.8. The van der Waals surface area contributed by atoms with E-state index in [2.05, 4.69) is 4.72 Å². The molecule has 0 saturated carbocycles. The van der Waals surface area contributed by atoms with Crippen LogP contribution in [0, 0.1) is 6.92 Å². The normalized spacial score (nSPS) is 11.6. The highest BCUT2D eigenvalue weighted by atomic mass is 35.5. The number of anilines is 1. The minimum atomic E-state index is -3.76. The van der Waals surface area contributed by atoms with Gasteiger partial charge < -0.3 is 5.73 Å². The van der Waals surface area contributed by atoms with E-state index >= 15 is 0 Å². The topological polar surface area (TPSA) is 72.2 Å². The number of sulfonamides is 1. The molecule has 3 N–H and O–H groups in total. The molecule has 7 heteroatoms. The lowest BCUT2D eigenvalue weighted by Gasteiger charge is -2.11. The van der Waals surface area contributed by atoms with Crippen LogP contribution in [0.15, 0.2) is 41.3 Å². The zero-order valence-corrected chi connectivity index (χ0v) is 13.6. The monoisotopic (exact) mass is 344 g/mol. The van der Waals surface area contributed by atoms with Crippen molar-refractivity contribution in [2.45, 2.75) is 18.4 Å². The summed E-state index contributed by atoms with van der Waals surface area (Å²) in [6, 6.07) is 10.3. The van der Waals surface area contributed by atoms with Crippen molar-refractivity contribution >= 4 is 38.9 Å². The number of hydrogen-bond donors (Lipinski definition) is 2. The Morgan fingerprint density at radius 2 is 1.90 bits per heavy atom. The van der Waals surface area contributed by atoms with Gasteiger partial charge in [-0.3, -0.25) is 0 Å². The zero-order valence-electron chi connectivity index (χ0n) is 11.2. The zero-order chi connectivity index (χ0) is 15.6. The number of benzene rings is 2. The summed E-state index contributed by atoms with van der Waals surface area (Å²) < 4.78 is 27.1. The maximum absolute atomic E-state index is 12.3. The molecular formula is C14H14Cl2N2O2S. The first-order chi connectivity index (χ1) is 9.81. The number of hydrogen-bond acceptors (Lipinski definition) is 3. The van der Waals surface area contributed by atoms with Crippen molar-refractivity contribution < 1.29 is 8.42 Å². The van der Waals surface area contributed by atoms with Gasteiger partial charge in [0, 0.05) is 6.54 Å². The van der Waals surface area contributed by atoms with Crippen molar-refractivity contribution in [1.29, 1.82) is 0 Å². The first-order valence-corrected chi connectivity index (χ1v) is 8.34. The minimum Gasteiger partial charge on any atom is -0.396 e. The fourth-order valence-electron chi connectivity index (χ4n) is 1.84. The minimum absolute atomic E-state index is 0.0526. The third kappa shape index (κ3) is 3.68. The highest BCUT2D eigenvalue weighted by Gasteiger charge is 2.20. The van der Waals surface area contributed by atoms with E-state index in [0.717, 1.165) is 11.1 Å². The van der Waals surface area contributed by atoms with Gasteiger partial charge in [-0.05, 0) is 24.6 Å². The quantitative estimate of drug-likeness (QED) is 0.835. The molecule has 0 heterocycles. The average molecular weight is 345 g/mol. The lowest BCUT2D eigenvalue weighted by Crippen LogP contribution is -2.23. The Kier molecular flexibility index (Phi) is 4.78. The number of rotatable bonds is 4. The predicted molar refractivity (Wildman–Crippen MR) is 86.1 cm³/mol. The molecule has 2 aromatic rings. The van der Waals surface area contributed by atoms with Crippen LogP contribution in [0.1, 0.15) is 11.1 Å². The maximum Gasteiger partial charge on any atom is 0.242 e. The molecule has 0 spiro atoms. The smallest absolute Gasteiger partial charge is 0.242 e. The van der Waals surface area contributed by atoms with E-state index in [9.17, 15) is 8.42 Å². The highest BCUT2D eigenvalue weighted by molar-refractivity contribution is 7.89. The van der Waals surface area contributed by atoms with Gasteiger partial charge in [0.15, 0.2) is 0 Å². The second-order valence-electron chi connectivity index (χ2n) is 4.59. The number of aryl methyl sites for hydroxylation is 1.